The topological polar surface area (TPSA) is 59.9 Å². The predicted octanol–water partition coefficient (Wildman–Crippen LogP) is 1.39. The first-order valence-electron chi connectivity index (χ1n) is 4.85. The highest BCUT2D eigenvalue weighted by molar-refractivity contribution is 5.84. The average Bonchev–Trinajstić information content (AvgIpc) is 2.36. The number of nitrogens with one attached hydrogen (secondary N) is 1. The third kappa shape index (κ3) is 4.26. The van der Waals surface area contributed by atoms with Crippen molar-refractivity contribution in [3.05, 3.63) is 29.8 Å². The van der Waals surface area contributed by atoms with Gasteiger partial charge in [0.1, 0.15) is 5.75 Å². The molecule has 0 fully saturated rings. The van der Waals surface area contributed by atoms with E-state index in [0.29, 0.717) is 11.3 Å². The minimum absolute atomic E-state index is 0.0922. The Morgan fingerprint density at radius 3 is 3.06 bits per heavy atom. The third-order valence-corrected chi connectivity index (χ3v) is 1.74. The molecular weight excluding hydrogens is 220 g/mol. The number of carbonyl (C=O) groups is 1. The summed E-state index contributed by atoms with van der Waals surface area (Å²) in [6.07, 6.45) is 5.88. The van der Waals surface area contributed by atoms with Crippen molar-refractivity contribution >= 4 is 12.3 Å². The van der Waals surface area contributed by atoms with Crippen LogP contribution in [0.15, 0.2) is 29.4 Å². The summed E-state index contributed by atoms with van der Waals surface area (Å²) in [7, 11) is 1.48. The lowest BCUT2D eigenvalue weighted by molar-refractivity contribution is 0.181. The number of para-hydroxylation sites is 1. The predicted molar refractivity (Wildman–Crippen MR) is 63.9 cm³/mol. The van der Waals surface area contributed by atoms with Crippen molar-refractivity contribution in [3.63, 3.8) is 0 Å². The molecule has 0 aliphatic heterocycles. The minimum Gasteiger partial charge on any atom is -0.410 e. The molecule has 0 aromatic heterocycles. The number of terminal acetylenes is 1. The van der Waals surface area contributed by atoms with Gasteiger partial charge in [-0.1, -0.05) is 23.2 Å². The number of hydrogen-bond donors (Lipinski definition) is 1. The molecule has 0 aliphatic rings. The van der Waals surface area contributed by atoms with Crippen molar-refractivity contribution in [1.29, 1.82) is 0 Å². The summed E-state index contributed by atoms with van der Waals surface area (Å²) >= 11 is 0. The Morgan fingerprint density at radius 1 is 1.59 bits per heavy atom. The van der Waals surface area contributed by atoms with E-state index in [1.54, 1.807) is 24.3 Å². The molecule has 0 spiro atoms. The zero-order valence-electron chi connectivity index (χ0n) is 9.34. The van der Waals surface area contributed by atoms with Crippen LogP contribution in [-0.2, 0) is 4.84 Å². The molecule has 0 saturated heterocycles. The van der Waals surface area contributed by atoms with Gasteiger partial charge < -0.3 is 14.9 Å². The monoisotopic (exact) mass is 232 g/mol. The van der Waals surface area contributed by atoms with Crippen molar-refractivity contribution in [3.8, 4) is 18.1 Å². The largest absolute Gasteiger partial charge is 0.412 e. The van der Waals surface area contributed by atoms with Crippen LogP contribution in [0, 0.1) is 12.3 Å². The van der Waals surface area contributed by atoms with Gasteiger partial charge in [-0.2, -0.15) is 0 Å². The maximum absolute atomic E-state index is 11.1. The van der Waals surface area contributed by atoms with Gasteiger partial charge in [-0.05, 0) is 12.1 Å². The van der Waals surface area contributed by atoms with E-state index in [1.807, 2.05) is 0 Å². The summed E-state index contributed by atoms with van der Waals surface area (Å²) in [4.78, 5) is 15.8. The van der Waals surface area contributed by atoms with Gasteiger partial charge in [-0.25, -0.2) is 4.79 Å². The van der Waals surface area contributed by atoms with E-state index in [1.165, 1.54) is 13.3 Å². The Hall–Kier alpha value is -2.48. The number of benzene rings is 1. The number of rotatable bonds is 4. The normalized spacial score (nSPS) is 9.65. The quantitative estimate of drug-likeness (QED) is 0.369. The molecule has 0 atom stereocenters. The minimum atomic E-state index is -0.546. The van der Waals surface area contributed by atoms with Crippen LogP contribution >= 0.6 is 0 Å². The van der Waals surface area contributed by atoms with E-state index in [2.05, 4.69) is 16.4 Å². The molecule has 1 aromatic carbocycles. The first-order valence-corrected chi connectivity index (χ1v) is 4.85. The number of oxime groups is 1. The highest BCUT2D eigenvalue weighted by Crippen LogP contribution is 2.15. The number of nitrogens with zero attached hydrogens (tertiary/aromatic N) is 1. The Balaban J connectivity index is 2.74. The van der Waals surface area contributed by atoms with Gasteiger partial charge in [0.2, 0.25) is 0 Å². The van der Waals surface area contributed by atoms with Crippen molar-refractivity contribution in [1.82, 2.24) is 5.32 Å². The molecule has 5 heteroatoms. The molecule has 0 radical (unpaired) electrons. The Bertz CT molecular complexity index is 449. The summed E-state index contributed by atoms with van der Waals surface area (Å²) < 4.78 is 5.01. The maximum Gasteiger partial charge on any atom is 0.412 e. The van der Waals surface area contributed by atoms with E-state index in [4.69, 9.17) is 16.0 Å². The third-order valence-electron chi connectivity index (χ3n) is 1.74. The van der Waals surface area contributed by atoms with Gasteiger partial charge in [0, 0.05) is 12.6 Å². The second kappa shape index (κ2) is 6.90. The van der Waals surface area contributed by atoms with Gasteiger partial charge in [0.15, 0.2) is 6.61 Å². The molecular formula is C12H12N2O3. The van der Waals surface area contributed by atoms with E-state index < -0.39 is 6.09 Å². The second-order valence-corrected chi connectivity index (χ2v) is 2.89. The van der Waals surface area contributed by atoms with Crippen LogP contribution in [0.5, 0.6) is 5.75 Å². The Morgan fingerprint density at radius 2 is 2.35 bits per heavy atom. The Labute approximate surface area is 99.4 Å². The van der Waals surface area contributed by atoms with Crippen LogP contribution in [0.4, 0.5) is 4.79 Å². The molecule has 0 unspecified atom stereocenters. The van der Waals surface area contributed by atoms with Gasteiger partial charge >= 0.3 is 6.09 Å². The molecule has 1 amide bonds. The smallest absolute Gasteiger partial charge is 0.410 e. The van der Waals surface area contributed by atoms with E-state index in [-0.39, 0.29) is 6.61 Å². The molecule has 0 saturated carbocycles. The Kier molecular flexibility index (Phi) is 5.11. The lowest BCUT2D eigenvalue weighted by Crippen LogP contribution is -2.22. The van der Waals surface area contributed by atoms with Crippen LogP contribution in [0.3, 0.4) is 0 Å². The van der Waals surface area contributed by atoms with Crippen molar-refractivity contribution in [2.24, 2.45) is 5.16 Å². The first-order chi connectivity index (χ1) is 8.27. The molecule has 1 rings (SSSR count). The summed E-state index contributed by atoms with van der Waals surface area (Å²) in [5, 5.41) is 6.00. The number of hydrogen-bond acceptors (Lipinski definition) is 4. The standard InChI is InChI=1S/C12H12N2O3/c1-3-8-16-14-9-10-6-4-5-7-11(10)17-12(15)13-2/h1,4-7,9H,8H2,2H3,(H,13,15)/b14-9+. The van der Waals surface area contributed by atoms with E-state index >= 15 is 0 Å². The van der Waals surface area contributed by atoms with Crippen LogP contribution in [0.25, 0.3) is 0 Å². The molecule has 5 nitrogen and oxygen atoms in total. The number of ether oxygens (including phenoxy) is 1. The van der Waals surface area contributed by atoms with Crippen LogP contribution in [0.1, 0.15) is 5.56 Å². The molecule has 0 bridgehead atoms. The highest BCUT2D eigenvalue weighted by Gasteiger charge is 2.05. The van der Waals surface area contributed by atoms with Crippen molar-refractivity contribution in [2.45, 2.75) is 0 Å². The van der Waals surface area contributed by atoms with E-state index in [9.17, 15) is 4.79 Å². The first kappa shape index (κ1) is 12.6. The fourth-order valence-electron chi connectivity index (χ4n) is 1.000. The molecule has 88 valence electrons. The fourth-order valence-corrected chi connectivity index (χ4v) is 1.000. The molecule has 17 heavy (non-hydrogen) atoms. The lowest BCUT2D eigenvalue weighted by atomic mass is 10.2. The average molecular weight is 232 g/mol. The zero-order valence-corrected chi connectivity index (χ0v) is 9.34. The number of carbonyl (C=O) groups excluding carboxylic acids is 1. The summed E-state index contributed by atoms with van der Waals surface area (Å²) in [5.41, 5.74) is 0.619. The van der Waals surface area contributed by atoms with Gasteiger partial charge in [-0.3, -0.25) is 0 Å². The van der Waals surface area contributed by atoms with Crippen molar-refractivity contribution in [2.75, 3.05) is 13.7 Å². The maximum atomic E-state index is 11.1. The molecule has 0 aliphatic carbocycles. The molecule has 0 heterocycles. The van der Waals surface area contributed by atoms with Gasteiger partial charge in [0.05, 0.1) is 6.21 Å². The summed E-state index contributed by atoms with van der Waals surface area (Å²) in [6.45, 7) is 0.0922. The molecule has 1 N–H and O–H groups in total. The van der Waals surface area contributed by atoms with E-state index in [0.717, 1.165) is 0 Å². The van der Waals surface area contributed by atoms with Crippen LogP contribution < -0.4 is 10.1 Å². The lowest BCUT2D eigenvalue weighted by Gasteiger charge is -2.05. The SMILES string of the molecule is C#CCO/N=C/c1ccccc1OC(=O)NC. The van der Waals surface area contributed by atoms with Crippen LogP contribution in [0.2, 0.25) is 0 Å². The summed E-state index contributed by atoms with van der Waals surface area (Å²) in [5.74, 6) is 2.67. The highest BCUT2D eigenvalue weighted by atomic mass is 16.6. The fraction of sp³-hybridized carbons (Fsp3) is 0.167. The van der Waals surface area contributed by atoms with Gasteiger partial charge in [-0.15, -0.1) is 6.42 Å². The zero-order chi connectivity index (χ0) is 12.5. The summed E-state index contributed by atoms with van der Waals surface area (Å²) in [6, 6.07) is 6.93. The second-order valence-electron chi connectivity index (χ2n) is 2.89. The number of amides is 1. The molecule has 1 aromatic rings. The van der Waals surface area contributed by atoms with Gasteiger partial charge in [0.25, 0.3) is 0 Å². The van der Waals surface area contributed by atoms with Crippen LogP contribution in [-0.4, -0.2) is 26.0 Å². The van der Waals surface area contributed by atoms with Crippen molar-refractivity contribution < 1.29 is 14.4 Å².